The fraction of sp³-hybridized carbons (Fsp3) is 0.273. The number of carbonyl (C=O) groups is 1. The van der Waals surface area contributed by atoms with Crippen molar-refractivity contribution in [3.63, 3.8) is 0 Å². The molecule has 2 atom stereocenters. The summed E-state index contributed by atoms with van der Waals surface area (Å²) in [5.41, 5.74) is 1.29. The molecule has 0 bridgehead atoms. The van der Waals surface area contributed by atoms with Gasteiger partial charge in [0, 0.05) is 47.9 Å². The standard InChI is InChI=1S/C33H32ClF2N3O7S/c1-44-26-11-8-22(28(17-26)45-2)19-39(31-5-3-4-13-37-31)47(42,43)30-16-25(35)15-29(32(30)36)46-20-23-18-38(33(40)41)14-12-27(23)21-6-9-24(34)10-7-21/h3-11,13,15-17,23,27H,12,14,18-20H2,1-2H3,(H,40,41)/t23?,27-/m1/s1. The summed E-state index contributed by atoms with van der Waals surface area (Å²) in [5.74, 6) is -2.89. The Bertz CT molecular complexity index is 1830. The first kappa shape index (κ1) is 33.7. The van der Waals surface area contributed by atoms with Gasteiger partial charge in [-0.2, -0.15) is 0 Å². The molecule has 0 aliphatic carbocycles. The molecule has 3 aromatic carbocycles. The number of piperidine rings is 1. The molecule has 1 fully saturated rings. The zero-order valence-corrected chi connectivity index (χ0v) is 27.0. The molecule has 1 aliphatic heterocycles. The number of ether oxygens (including phenoxy) is 3. The second kappa shape index (κ2) is 14.4. The lowest BCUT2D eigenvalue weighted by Gasteiger charge is -2.37. The molecule has 0 spiro atoms. The second-order valence-corrected chi connectivity index (χ2v) is 13.1. The molecule has 5 rings (SSSR count). The molecule has 1 aliphatic rings. The summed E-state index contributed by atoms with van der Waals surface area (Å²) in [4.78, 5) is 16.2. The van der Waals surface area contributed by atoms with Crippen LogP contribution in [0.3, 0.4) is 0 Å². The summed E-state index contributed by atoms with van der Waals surface area (Å²) in [5, 5.41) is 10.2. The fourth-order valence-electron chi connectivity index (χ4n) is 5.60. The van der Waals surface area contributed by atoms with E-state index in [4.69, 9.17) is 25.8 Å². The lowest BCUT2D eigenvalue weighted by Crippen LogP contribution is -2.44. The number of pyridine rings is 1. The number of benzene rings is 3. The normalized spacial score (nSPS) is 16.4. The molecule has 14 heteroatoms. The summed E-state index contributed by atoms with van der Waals surface area (Å²) < 4.78 is 76.8. The third kappa shape index (κ3) is 7.52. The molecule has 2 heterocycles. The van der Waals surface area contributed by atoms with Crippen LogP contribution in [0.4, 0.5) is 19.4 Å². The highest BCUT2D eigenvalue weighted by Crippen LogP contribution is 2.37. The Morgan fingerprint density at radius 1 is 1.04 bits per heavy atom. The molecule has 1 N–H and O–H groups in total. The predicted molar refractivity (Wildman–Crippen MR) is 171 cm³/mol. The van der Waals surface area contributed by atoms with Crippen LogP contribution in [0, 0.1) is 17.6 Å². The third-order valence-corrected chi connectivity index (χ3v) is 10.0. The van der Waals surface area contributed by atoms with Crippen molar-refractivity contribution in [2.24, 2.45) is 5.92 Å². The SMILES string of the molecule is COc1ccc(CN(c2ccccn2)S(=O)(=O)c2cc(F)cc(OCC3CN(C(=O)O)CC[C@@H]3c3ccc(Cl)cc3)c2F)c(OC)c1. The summed E-state index contributed by atoms with van der Waals surface area (Å²) in [7, 11) is -1.92. The first-order valence-corrected chi connectivity index (χ1v) is 16.3. The van der Waals surface area contributed by atoms with E-state index < -0.39 is 44.3 Å². The number of amides is 1. The molecule has 0 saturated carbocycles. The van der Waals surface area contributed by atoms with E-state index in [-0.39, 0.29) is 38.0 Å². The predicted octanol–water partition coefficient (Wildman–Crippen LogP) is 6.59. The Balaban J connectivity index is 1.48. The lowest BCUT2D eigenvalue weighted by atomic mass is 9.81. The van der Waals surface area contributed by atoms with Crippen molar-refractivity contribution in [1.29, 1.82) is 0 Å². The summed E-state index contributed by atoms with van der Waals surface area (Å²) in [6.07, 6.45) is 0.723. The van der Waals surface area contributed by atoms with Gasteiger partial charge in [-0.05, 0) is 60.4 Å². The molecule has 10 nitrogen and oxygen atoms in total. The van der Waals surface area contributed by atoms with Gasteiger partial charge in [0.15, 0.2) is 11.6 Å². The molecule has 0 radical (unpaired) electrons. The van der Waals surface area contributed by atoms with Gasteiger partial charge in [0.2, 0.25) is 0 Å². The average molecular weight is 688 g/mol. The van der Waals surface area contributed by atoms with Crippen LogP contribution in [-0.4, -0.2) is 63.4 Å². The van der Waals surface area contributed by atoms with Gasteiger partial charge in [0.05, 0.1) is 27.4 Å². The number of hydrogen-bond acceptors (Lipinski definition) is 7. The van der Waals surface area contributed by atoms with Crippen molar-refractivity contribution >= 4 is 33.5 Å². The minimum Gasteiger partial charge on any atom is -0.497 e. The number of hydrogen-bond donors (Lipinski definition) is 1. The van der Waals surface area contributed by atoms with Crippen LogP contribution in [0.25, 0.3) is 0 Å². The summed E-state index contributed by atoms with van der Waals surface area (Å²) >= 11 is 6.06. The Labute approximate surface area is 276 Å². The van der Waals surface area contributed by atoms with Gasteiger partial charge in [-0.1, -0.05) is 29.8 Å². The van der Waals surface area contributed by atoms with Crippen molar-refractivity contribution in [3.8, 4) is 17.2 Å². The van der Waals surface area contributed by atoms with Crippen LogP contribution >= 0.6 is 11.6 Å². The molecule has 4 aromatic rings. The highest BCUT2D eigenvalue weighted by Gasteiger charge is 2.35. The maximum atomic E-state index is 16.2. The number of rotatable bonds is 11. The van der Waals surface area contributed by atoms with E-state index in [0.29, 0.717) is 34.6 Å². The van der Waals surface area contributed by atoms with Crippen molar-refractivity contribution in [2.75, 3.05) is 38.2 Å². The van der Waals surface area contributed by atoms with Crippen molar-refractivity contribution in [1.82, 2.24) is 9.88 Å². The number of halogens is 3. The van der Waals surface area contributed by atoms with E-state index in [9.17, 15) is 18.3 Å². The number of aromatic nitrogens is 1. The smallest absolute Gasteiger partial charge is 0.407 e. The molecule has 1 aromatic heterocycles. The van der Waals surface area contributed by atoms with E-state index in [1.54, 1.807) is 42.5 Å². The topological polar surface area (TPSA) is 118 Å². The molecule has 47 heavy (non-hydrogen) atoms. The van der Waals surface area contributed by atoms with Crippen LogP contribution in [0.15, 0.2) is 83.9 Å². The summed E-state index contributed by atoms with van der Waals surface area (Å²) in [6, 6.07) is 17.8. The molecule has 1 amide bonds. The van der Waals surface area contributed by atoms with Crippen LogP contribution in [0.2, 0.25) is 5.02 Å². The maximum absolute atomic E-state index is 16.2. The van der Waals surface area contributed by atoms with Gasteiger partial charge in [0.1, 0.15) is 28.0 Å². The molecule has 248 valence electrons. The van der Waals surface area contributed by atoms with Gasteiger partial charge in [0.25, 0.3) is 10.0 Å². The van der Waals surface area contributed by atoms with E-state index in [0.717, 1.165) is 15.9 Å². The van der Waals surface area contributed by atoms with E-state index in [2.05, 4.69) is 4.98 Å². The first-order valence-electron chi connectivity index (χ1n) is 14.5. The molecular weight excluding hydrogens is 656 g/mol. The third-order valence-electron chi connectivity index (χ3n) is 8.01. The summed E-state index contributed by atoms with van der Waals surface area (Å²) in [6.45, 7) is -0.210. The quantitative estimate of drug-likeness (QED) is 0.188. The van der Waals surface area contributed by atoms with Gasteiger partial charge in [-0.3, -0.25) is 0 Å². The number of sulfonamides is 1. The molecule has 1 unspecified atom stereocenters. The zero-order chi connectivity index (χ0) is 33.7. The van der Waals surface area contributed by atoms with Crippen LogP contribution in [0.5, 0.6) is 17.2 Å². The first-order chi connectivity index (χ1) is 22.5. The zero-order valence-electron chi connectivity index (χ0n) is 25.5. The van der Waals surface area contributed by atoms with Crippen molar-refractivity contribution in [2.45, 2.75) is 23.8 Å². The number of nitrogens with zero attached hydrogens (tertiary/aromatic N) is 3. The van der Waals surface area contributed by atoms with Crippen LogP contribution in [-0.2, 0) is 16.6 Å². The highest BCUT2D eigenvalue weighted by molar-refractivity contribution is 7.92. The van der Waals surface area contributed by atoms with Crippen molar-refractivity contribution in [3.05, 3.63) is 107 Å². The minimum absolute atomic E-state index is 0.0433. The van der Waals surface area contributed by atoms with Gasteiger partial charge in [-0.25, -0.2) is 31.3 Å². The Morgan fingerprint density at radius 3 is 2.47 bits per heavy atom. The Morgan fingerprint density at radius 2 is 1.81 bits per heavy atom. The van der Waals surface area contributed by atoms with E-state index >= 15 is 8.78 Å². The number of anilines is 1. The Hall–Kier alpha value is -4.62. The molecule has 1 saturated heterocycles. The van der Waals surface area contributed by atoms with Crippen LogP contribution < -0.4 is 18.5 Å². The Kier molecular flexibility index (Phi) is 10.4. The minimum atomic E-state index is -4.80. The number of carboxylic acid groups (broad SMARTS) is 1. The van der Waals surface area contributed by atoms with Gasteiger partial charge in [-0.15, -0.1) is 0 Å². The monoisotopic (exact) mass is 687 g/mol. The highest BCUT2D eigenvalue weighted by atomic mass is 35.5. The molecular formula is C33H32ClF2N3O7S. The lowest BCUT2D eigenvalue weighted by molar-refractivity contribution is 0.0926. The average Bonchev–Trinajstić information content (AvgIpc) is 3.07. The number of likely N-dealkylation sites (tertiary alicyclic amines) is 1. The van der Waals surface area contributed by atoms with Gasteiger partial charge >= 0.3 is 6.09 Å². The fourth-order valence-corrected chi connectivity index (χ4v) is 7.22. The second-order valence-electron chi connectivity index (χ2n) is 10.8. The largest absolute Gasteiger partial charge is 0.497 e. The number of methoxy groups -OCH3 is 2. The van der Waals surface area contributed by atoms with Crippen LogP contribution in [0.1, 0.15) is 23.5 Å². The van der Waals surface area contributed by atoms with Gasteiger partial charge < -0.3 is 24.2 Å². The maximum Gasteiger partial charge on any atom is 0.407 e. The van der Waals surface area contributed by atoms with Crippen molar-refractivity contribution < 1.29 is 41.3 Å². The van der Waals surface area contributed by atoms with E-state index in [1.807, 2.05) is 12.1 Å². The van der Waals surface area contributed by atoms with E-state index in [1.165, 1.54) is 31.4 Å².